The molecule has 0 fully saturated rings. The summed E-state index contributed by atoms with van der Waals surface area (Å²) in [6, 6.07) is 13.4. The zero-order valence-electron chi connectivity index (χ0n) is 16.1. The fourth-order valence-corrected chi connectivity index (χ4v) is 3.76. The highest BCUT2D eigenvalue weighted by atomic mass is 19.1. The molecule has 0 spiro atoms. The van der Waals surface area contributed by atoms with Crippen molar-refractivity contribution < 1.29 is 4.39 Å². The third-order valence-electron chi connectivity index (χ3n) is 5.08. The average Bonchev–Trinajstić information content (AvgIpc) is 3.21. The number of imidazole rings is 1. The number of nitrogens with two attached hydrogens (primary N) is 1. The van der Waals surface area contributed by atoms with Gasteiger partial charge in [-0.3, -0.25) is 4.98 Å². The predicted octanol–water partition coefficient (Wildman–Crippen LogP) is 4.46. The van der Waals surface area contributed by atoms with Crippen LogP contribution in [0.25, 0.3) is 33.1 Å². The molecule has 4 N–H and O–H groups in total. The molecule has 0 aliphatic carbocycles. The lowest BCUT2D eigenvalue weighted by Crippen LogP contribution is -2.11. The van der Waals surface area contributed by atoms with Crippen LogP contribution in [0.5, 0.6) is 0 Å². The van der Waals surface area contributed by atoms with Crippen LogP contribution in [0, 0.1) is 5.82 Å². The maximum absolute atomic E-state index is 14.0. The Bertz CT molecular complexity index is 1380. The zero-order chi connectivity index (χ0) is 20.7. The number of nitrogens with zero attached hydrogens (tertiary/aromatic N) is 4. The minimum absolute atomic E-state index is 0.136. The number of aromatic amines is 1. The lowest BCUT2D eigenvalue weighted by molar-refractivity contribution is 0.622. The van der Waals surface area contributed by atoms with E-state index in [-0.39, 0.29) is 17.8 Å². The summed E-state index contributed by atoms with van der Waals surface area (Å²) in [5.74, 6) is 0.311. The van der Waals surface area contributed by atoms with Crippen LogP contribution >= 0.6 is 0 Å². The number of nitrogens with one attached hydrogen (secondary N) is 2. The van der Waals surface area contributed by atoms with Gasteiger partial charge in [0.25, 0.3) is 0 Å². The molecule has 5 aromatic rings. The quantitative estimate of drug-likeness (QED) is 0.412. The van der Waals surface area contributed by atoms with Gasteiger partial charge < -0.3 is 16.0 Å². The first-order chi connectivity index (χ1) is 14.6. The topological polar surface area (TPSA) is 105 Å². The second-order valence-corrected chi connectivity index (χ2v) is 7.04. The Kier molecular flexibility index (Phi) is 4.24. The Morgan fingerprint density at radius 1 is 1.10 bits per heavy atom. The van der Waals surface area contributed by atoms with Gasteiger partial charge in [-0.2, -0.15) is 9.97 Å². The first-order valence-corrected chi connectivity index (χ1v) is 9.46. The third kappa shape index (κ3) is 3.08. The average molecular weight is 399 g/mol. The van der Waals surface area contributed by atoms with Crippen molar-refractivity contribution in [2.45, 2.75) is 13.0 Å². The monoisotopic (exact) mass is 399 g/mol. The summed E-state index contributed by atoms with van der Waals surface area (Å²) in [6.07, 6.45) is 4.43. The van der Waals surface area contributed by atoms with E-state index in [0.29, 0.717) is 22.5 Å². The van der Waals surface area contributed by atoms with Crippen molar-refractivity contribution in [3.63, 3.8) is 0 Å². The first kappa shape index (κ1) is 18.0. The normalized spacial score (nSPS) is 12.3. The number of anilines is 2. The summed E-state index contributed by atoms with van der Waals surface area (Å²) >= 11 is 0. The third-order valence-corrected chi connectivity index (χ3v) is 5.08. The van der Waals surface area contributed by atoms with Crippen LogP contribution in [0.1, 0.15) is 18.5 Å². The van der Waals surface area contributed by atoms with Gasteiger partial charge in [-0.1, -0.05) is 36.4 Å². The first-order valence-electron chi connectivity index (χ1n) is 9.46. The molecule has 30 heavy (non-hydrogen) atoms. The second-order valence-electron chi connectivity index (χ2n) is 7.04. The number of benzene rings is 2. The fourth-order valence-electron chi connectivity index (χ4n) is 3.76. The largest absolute Gasteiger partial charge is 0.368 e. The number of hydrogen-bond donors (Lipinski definition) is 3. The highest BCUT2D eigenvalue weighted by molar-refractivity contribution is 5.98. The van der Waals surface area contributed by atoms with Gasteiger partial charge in [0, 0.05) is 11.8 Å². The molecule has 0 radical (unpaired) electrons. The van der Waals surface area contributed by atoms with E-state index in [0.717, 1.165) is 21.9 Å². The Balaban J connectivity index is 1.66. The molecular formula is C22H18FN7. The van der Waals surface area contributed by atoms with E-state index in [4.69, 9.17) is 5.73 Å². The van der Waals surface area contributed by atoms with Crippen molar-refractivity contribution in [2.24, 2.45) is 0 Å². The summed E-state index contributed by atoms with van der Waals surface area (Å²) in [6.45, 7) is 2.01. The molecule has 0 aliphatic heterocycles. The molecule has 1 atom stereocenters. The van der Waals surface area contributed by atoms with E-state index >= 15 is 0 Å². The van der Waals surface area contributed by atoms with Crippen LogP contribution < -0.4 is 11.1 Å². The van der Waals surface area contributed by atoms with E-state index in [1.165, 1.54) is 12.3 Å². The van der Waals surface area contributed by atoms with Gasteiger partial charge in [0.05, 0.1) is 18.6 Å². The summed E-state index contributed by atoms with van der Waals surface area (Å²) in [7, 11) is 0. The summed E-state index contributed by atoms with van der Waals surface area (Å²) in [5.41, 5.74) is 9.62. The van der Waals surface area contributed by atoms with Gasteiger partial charge in [0.1, 0.15) is 11.3 Å². The van der Waals surface area contributed by atoms with Gasteiger partial charge in [-0.25, -0.2) is 9.37 Å². The van der Waals surface area contributed by atoms with Crippen LogP contribution in [0.15, 0.2) is 61.2 Å². The molecule has 2 aromatic carbocycles. The smallest absolute Gasteiger partial charge is 0.224 e. The Morgan fingerprint density at radius 2 is 1.97 bits per heavy atom. The van der Waals surface area contributed by atoms with Crippen LogP contribution in [0.3, 0.4) is 0 Å². The number of nitrogen functional groups attached to an aromatic ring is 1. The SMILES string of the molecule is CC(Nc1nc(N)nc2nc[nH]c12)c1ccc2ccccc2c1-c1cncc(F)c1. The van der Waals surface area contributed by atoms with Crippen LogP contribution in [-0.4, -0.2) is 24.9 Å². The van der Waals surface area contributed by atoms with Crippen molar-refractivity contribution in [3.05, 3.63) is 72.6 Å². The minimum Gasteiger partial charge on any atom is -0.368 e. The van der Waals surface area contributed by atoms with Crippen LogP contribution in [-0.2, 0) is 0 Å². The molecule has 148 valence electrons. The molecule has 1 unspecified atom stereocenters. The molecular weight excluding hydrogens is 381 g/mol. The molecule has 0 amide bonds. The molecule has 0 bridgehead atoms. The maximum Gasteiger partial charge on any atom is 0.224 e. The number of H-pyrrole nitrogens is 1. The van der Waals surface area contributed by atoms with Gasteiger partial charge >= 0.3 is 0 Å². The molecule has 5 rings (SSSR count). The molecule has 0 saturated heterocycles. The number of hydrogen-bond acceptors (Lipinski definition) is 6. The number of halogens is 1. The van der Waals surface area contributed by atoms with Crippen molar-refractivity contribution in [1.82, 2.24) is 24.9 Å². The predicted molar refractivity (Wildman–Crippen MR) is 115 cm³/mol. The molecule has 7 nitrogen and oxygen atoms in total. The summed E-state index contributed by atoms with van der Waals surface area (Å²) in [5, 5.41) is 5.48. The van der Waals surface area contributed by atoms with Gasteiger partial charge in [0.2, 0.25) is 5.95 Å². The van der Waals surface area contributed by atoms with E-state index in [1.807, 2.05) is 37.3 Å². The van der Waals surface area contributed by atoms with E-state index in [9.17, 15) is 4.39 Å². The van der Waals surface area contributed by atoms with Crippen molar-refractivity contribution in [3.8, 4) is 11.1 Å². The summed E-state index contributed by atoms with van der Waals surface area (Å²) < 4.78 is 14.0. The zero-order valence-corrected chi connectivity index (χ0v) is 16.1. The lowest BCUT2D eigenvalue weighted by atomic mass is 9.91. The standard InChI is InChI=1S/C22H18FN7/c1-12(28-21-19-20(27-11-26-19)29-22(24)30-21)16-7-6-13-4-2-3-5-17(13)18(16)14-8-15(23)10-25-9-14/h2-12H,1H3,(H4,24,26,27,28,29,30). The molecule has 0 saturated carbocycles. The van der Waals surface area contributed by atoms with Crippen molar-refractivity contribution in [1.29, 1.82) is 0 Å². The number of aromatic nitrogens is 5. The number of fused-ring (bicyclic) bond motifs is 2. The van der Waals surface area contributed by atoms with E-state index < -0.39 is 0 Å². The lowest BCUT2D eigenvalue weighted by Gasteiger charge is -2.21. The molecule has 0 aliphatic rings. The Morgan fingerprint density at radius 3 is 2.83 bits per heavy atom. The van der Waals surface area contributed by atoms with E-state index in [1.54, 1.807) is 12.5 Å². The highest BCUT2D eigenvalue weighted by Gasteiger charge is 2.18. The van der Waals surface area contributed by atoms with Gasteiger partial charge in [-0.05, 0) is 34.9 Å². The van der Waals surface area contributed by atoms with Gasteiger partial charge in [0.15, 0.2) is 11.5 Å². The molecule has 8 heteroatoms. The Hall–Kier alpha value is -4.07. The number of pyridine rings is 1. The fraction of sp³-hybridized carbons (Fsp3) is 0.0909. The number of rotatable bonds is 4. The van der Waals surface area contributed by atoms with E-state index in [2.05, 4.69) is 36.3 Å². The minimum atomic E-state index is -0.380. The Labute approximate surface area is 171 Å². The second kappa shape index (κ2) is 7.07. The van der Waals surface area contributed by atoms with Crippen molar-refractivity contribution in [2.75, 3.05) is 11.1 Å². The molecule has 3 heterocycles. The summed E-state index contributed by atoms with van der Waals surface area (Å²) in [4.78, 5) is 19.7. The van der Waals surface area contributed by atoms with Crippen molar-refractivity contribution >= 4 is 33.7 Å². The highest BCUT2D eigenvalue weighted by Crippen LogP contribution is 2.36. The van der Waals surface area contributed by atoms with Gasteiger partial charge in [-0.15, -0.1) is 0 Å². The van der Waals surface area contributed by atoms with Crippen LogP contribution in [0.2, 0.25) is 0 Å². The molecule has 3 aromatic heterocycles. The van der Waals surface area contributed by atoms with Crippen LogP contribution in [0.4, 0.5) is 16.2 Å². The maximum atomic E-state index is 14.0.